The average Bonchev–Trinajstić information content (AvgIpc) is 2.66. The Bertz CT molecular complexity index is 616. The summed E-state index contributed by atoms with van der Waals surface area (Å²) in [5.74, 6) is 0.819. The van der Waals surface area contributed by atoms with Crippen molar-refractivity contribution < 1.29 is 4.79 Å². The number of anilines is 1. The fraction of sp³-hybridized carbons (Fsp3) is 0.600. The van der Waals surface area contributed by atoms with E-state index >= 15 is 0 Å². The predicted octanol–water partition coefficient (Wildman–Crippen LogP) is 3.71. The number of aliphatic imine (C=N–C) groups is 1. The third-order valence-electron chi connectivity index (χ3n) is 4.83. The first-order valence-electron chi connectivity index (χ1n) is 9.74. The molecule has 0 atom stereocenters. The van der Waals surface area contributed by atoms with E-state index in [1.54, 1.807) is 31.3 Å². The van der Waals surface area contributed by atoms with Crippen LogP contribution in [0, 0.1) is 0 Å². The number of nitrogens with zero attached hydrogens (tertiary/aromatic N) is 2. The van der Waals surface area contributed by atoms with Crippen LogP contribution in [-0.2, 0) is 4.79 Å². The van der Waals surface area contributed by atoms with E-state index in [0.717, 1.165) is 44.0 Å². The molecule has 8 heteroatoms. The van der Waals surface area contributed by atoms with Gasteiger partial charge < -0.3 is 20.9 Å². The van der Waals surface area contributed by atoms with Gasteiger partial charge in [0.15, 0.2) is 5.96 Å². The summed E-state index contributed by atoms with van der Waals surface area (Å²) in [4.78, 5) is 18.8. The second-order valence-electron chi connectivity index (χ2n) is 7.21. The van der Waals surface area contributed by atoms with Crippen molar-refractivity contribution in [2.24, 2.45) is 4.99 Å². The first kappa shape index (κ1) is 25.0. The minimum absolute atomic E-state index is 0. The van der Waals surface area contributed by atoms with E-state index in [1.807, 2.05) is 0 Å². The van der Waals surface area contributed by atoms with Crippen molar-refractivity contribution in [2.75, 3.05) is 32.0 Å². The van der Waals surface area contributed by atoms with Gasteiger partial charge >= 0.3 is 0 Å². The summed E-state index contributed by atoms with van der Waals surface area (Å²) < 4.78 is 0. The fourth-order valence-corrected chi connectivity index (χ4v) is 3.29. The Morgan fingerprint density at radius 3 is 2.46 bits per heavy atom. The zero-order valence-electron chi connectivity index (χ0n) is 17.0. The molecule has 1 aliphatic rings. The number of piperidine rings is 1. The molecule has 1 aromatic rings. The zero-order chi connectivity index (χ0) is 19.6. The number of benzene rings is 1. The maximum absolute atomic E-state index is 12.0. The van der Waals surface area contributed by atoms with E-state index in [0.29, 0.717) is 30.1 Å². The van der Waals surface area contributed by atoms with Crippen LogP contribution in [-0.4, -0.2) is 55.5 Å². The lowest BCUT2D eigenvalue weighted by atomic mass is 10.0. The number of nitrogens with one attached hydrogen (secondary N) is 3. The molecule has 0 bridgehead atoms. The molecular weight excluding hydrogens is 489 g/mol. The molecule has 1 amide bonds. The van der Waals surface area contributed by atoms with Crippen LogP contribution in [0.1, 0.15) is 39.5 Å². The molecule has 1 heterocycles. The SMILES string of the molecule is CN=C(NCCCC(=O)Nc1ccc(Cl)cc1)NC1CCN(C(C)C)CC1.I. The molecule has 0 aliphatic carbocycles. The van der Waals surface area contributed by atoms with Crippen LogP contribution in [0.15, 0.2) is 29.3 Å². The molecule has 158 valence electrons. The molecule has 28 heavy (non-hydrogen) atoms. The Kier molecular flexibility index (Phi) is 11.8. The number of halogens is 2. The topological polar surface area (TPSA) is 68.8 Å². The molecular formula is C20H33ClIN5O. The molecule has 0 spiro atoms. The van der Waals surface area contributed by atoms with Gasteiger partial charge in [-0.2, -0.15) is 0 Å². The highest BCUT2D eigenvalue weighted by atomic mass is 127. The first-order chi connectivity index (χ1) is 13.0. The van der Waals surface area contributed by atoms with Gasteiger partial charge in [0.1, 0.15) is 0 Å². The largest absolute Gasteiger partial charge is 0.356 e. The van der Waals surface area contributed by atoms with Crippen LogP contribution >= 0.6 is 35.6 Å². The van der Waals surface area contributed by atoms with Crippen molar-refractivity contribution in [3.05, 3.63) is 29.3 Å². The van der Waals surface area contributed by atoms with E-state index < -0.39 is 0 Å². The van der Waals surface area contributed by atoms with Crippen LogP contribution in [0.3, 0.4) is 0 Å². The summed E-state index contributed by atoms with van der Waals surface area (Å²) in [6.07, 6.45) is 3.45. The molecule has 0 radical (unpaired) electrons. The van der Waals surface area contributed by atoms with Gasteiger partial charge in [-0.3, -0.25) is 9.79 Å². The predicted molar refractivity (Wildman–Crippen MR) is 129 cm³/mol. The number of rotatable bonds is 7. The third kappa shape index (κ3) is 8.96. The molecule has 0 unspecified atom stereocenters. The summed E-state index contributed by atoms with van der Waals surface area (Å²) in [7, 11) is 1.78. The van der Waals surface area contributed by atoms with E-state index in [2.05, 4.69) is 39.7 Å². The van der Waals surface area contributed by atoms with Crippen LogP contribution in [0.2, 0.25) is 5.02 Å². The van der Waals surface area contributed by atoms with Crippen molar-refractivity contribution >= 4 is 53.1 Å². The number of likely N-dealkylation sites (tertiary alicyclic amines) is 1. The number of hydrogen-bond donors (Lipinski definition) is 3. The lowest BCUT2D eigenvalue weighted by Crippen LogP contribution is -2.50. The van der Waals surface area contributed by atoms with Crippen molar-refractivity contribution in [1.29, 1.82) is 0 Å². The Morgan fingerprint density at radius 1 is 1.25 bits per heavy atom. The van der Waals surface area contributed by atoms with Gasteiger partial charge in [0.05, 0.1) is 0 Å². The molecule has 1 aromatic carbocycles. The second kappa shape index (κ2) is 13.2. The third-order valence-corrected chi connectivity index (χ3v) is 5.08. The molecule has 6 nitrogen and oxygen atoms in total. The highest BCUT2D eigenvalue weighted by molar-refractivity contribution is 14.0. The molecule has 0 saturated carbocycles. The van der Waals surface area contributed by atoms with Crippen molar-refractivity contribution in [1.82, 2.24) is 15.5 Å². The number of carbonyl (C=O) groups is 1. The van der Waals surface area contributed by atoms with Crippen molar-refractivity contribution in [3.63, 3.8) is 0 Å². The maximum Gasteiger partial charge on any atom is 0.224 e. The summed E-state index contributed by atoms with van der Waals surface area (Å²) in [6.45, 7) is 7.45. The summed E-state index contributed by atoms with van der Waals surface area (Å²) >= 11 is 5.84. The lowest BCUT2D eigenvalue weighted by Gasteiger charge is -2.35. The minimum Gasteiger partial charge on any atom is -0.356 e. The molecule has 0 aromatic heterocycles. The zero-order valence-corrected chi connectivity index (χ0v) is 20.1. The lowest BCUT2D eigenvalue weighted by molar-refractivity contribution is -0.116. The number of guanidine groups is 1. The van der Waals surface area contributed by atoms with Gasteiger partial charge in [-0.15, -0.1) is 24.0 Å². The monoisotopic (exact) mass is 521 g/mol. The van der Waals surface area contributed by atoms with Gasteiger partial charge in [-0.05, 0) is 57.4 Å². The van der Waals surface area contributed by atoms with Gasteiger partial charge in [0.2, 0.25) is 5.91 Å². The minimum atomic E-state index is 0. The number of carbonyl (C=O) groups excluding carboxylic acids is 1. The molecule has 2 rings (SSSR count). The fourth-order valence-electron chi connectivity index (χ4n) is 3.16. The van der Waals surface area contributed by atoms with Crippen molar-refractivity contribution in [3.8, 4) is 0 Å². The first-order valence-corrected chi connectivity index (χ1v) is 10.1. The van der Waals surface area contributed by atoms with Crippen LogP contribution in [0.25, 0.3) is 0 Å². The quantitative estimate of drug-likeness (QED) is 0.221. The average molecular weight is 522 g/mol. The standard InChI is InChI=1S/C20H32ClN5O.HI/c1-15(2)26-13-10-18(11-14-26)25-20(22-3)23-12-4-5-19(27)24-17-8-6-16(21)7-9-17;/h6-9,15,18H,4-5,10-14H2,1-3H3,(H,24,27)(H2,22,23,25);1H. The highest BCUT2D eigenvalue weighted by Crippen LogP contribution is 2.14. The molecule has 1 fully saturated rings. The van der Waals surface area contributed by atoms with Crippen molar-refractivity contribution in [2.45, 2.75) is 51.6 Å². The van der Waals surface area contributed by atoms with E-state index in [-0.39, 0.29) is 29.9 Å². The Hall–Kier alpha value is -1.06. The molecule has 1 aliphatic heterocycles. The maximum atomic E-state index is 12.0. The summed E-state index contributed by atoms with van der Waals surface area (Å²) in [5.41, 5.74) is 0.766. The van der Waals surface area contributed by atoms with E-state index in [4.69, 9.17) is 11.6 Å². The highest BCUT2D eigenvalue weighted by Gasteiger charge is 2.21. The van der Waals surface area contributed by atoms with E-state index in [1.165, 1.54) is 0 Å². The number of hydrogen-bond acceptors (Lipinski definition) is 3. The Morgan fingerprint density at radius 2 is 1.89 bits per heavy atom. The molecule has 3 N–H and O–H groups in total. The second-order valence-corrected chi connectivity index (χ2v) is 7.64. The van der Waals surface area contributed by atoms with Crippen LogP contribution in [0.5, 0.6) is 0 Å². The van der Waals surface area contributed by atoms with Crippen LogP contribution in [0.4, 0.5) is 5.69 Å². The Balaban J connectivity index is 0.00000392. The smallest absolute Gasteiger partial charge is 0.224 e. The number of amides is 1. The van der Waals surface area contributed by atoms with Gasteiger partial charge in [-0.1, -0.05) is 11.6 Å². The summed E-state index contributed by atoms with van der Waals surface area (Å²) in [6, 6.07) is 8.20. The Labute approximate surface area is 190 Å². The summed E-state index contributed by atoms with van der Waals surface area (Å²) in [5, 5.41) is 10.3. The molecule has 1 saturated heterocycles. The van der Waals surface area contributed by atoms with E-state index in [9.17, 15) is 4.79 Å². The normalized spacial score (nSPS) is 15.8. The van der Waals surface area contributed by atoms with Gasteiger partial charge in [0.25, 0.3) is 0 Å². The van der Waals surface area contributed by atoms with Gasteiger partial charge in [0, 0.05) is 55.9 Å². The van der Waals surface area contributed by atoms with Crippen LogP contribution < -0.4 is 16.0 Å². The van der Waals surface area contributed by atoms with Gasteiger partial charge in [-0.25, -0.2) is 0 Å².